The second-order valence-corrected chi connectivity index (χ2v) is 3.56. The van der Waals surface area contributed by atoms with E-state index in [9.17, 15) is 4.39 Å². The first-order valence-corrected chi connectivity index (χ1v) is 4.54. The largest absolute Gasteiger partial charge is 0.220 e. The standard InChI is InChI=1S/C8H7FS2/c9-8(10)11-6-7-4-2-1-3-5-7/h1-5H,6H2. The Hall–Kier alpha value is -0.410. The molecule has 0 radical (unpaired) electrons. The fraction of sp³-hybridized carbons (Fsp3) is 0.125. The van der Waals surface area contributed by atoms with Gasteiger partial charge in [-0.3, -0.25) is 0 Å². The topological polar surface area (TPSA) is 0 Å². The Bertz CT molecular complexity index is 233. The van der Waals surface area contributed by atoms with E-state index in [0.717, 1.165) is 17.3 Å². The smallest absolute Gasteiger partial charge is 0.186 e. The van der Waals surface area contributed by atoms with E-state index in [4.69, 9.17) is 0 Å². The first-order valence-electron chi connectivity index (χ1n) is 3.15. The van der Waals surface area contributed by atoms with Gasteiger partial charge in [0, 0.05) is 5.75 Å². The van der Waals surface area contributed by atoms with Crippen LogP contribution in [0.5, 0.6) is 0 Å². The maximum Gasteiger partial charge on any atom is 0.220 e. The zero-order chi connectivity index (χ0) is 8.10. The maximum atomic E-state index is 12.1. The second-order valence-electron chi connectivity index (χ2n) is 2.01. The lowest BCUT2D eigenvalue weighted by atomic mass is 10.2. The van der Waals surface area contributed by atoms with Crippen molar-refractivity contribution in [3.63, 3.8) is 0 Å². The Morgan fingerprint density at radius 1 is 1.36 bits per heavy atom. The SMILES string of the molecule is FC(=S)SCc1ccccc1. The summed E-state index contributed by atoms with van der Waals surface area (Å²) in [6.07, 6.45) is 0. The van der Waals surface area contributed by atoms with Gasteiger partial charge in [-0.25, -0.2) is 0 Å². The average molecular weight is 186 g/mol. The number of hydrogen-bond acceptors (Lipinski definition) is 2. The van der Waals surface area contributed by atoms with Crippen molar-refractivity contribution in [2.45, 2.75) is 5.75 Å². The summed E-state index contributed by atoms with van der Waals surface area (Å²) >= 11 is 5.34. The van der Waals surface area contributed by atoms with Crippen LogP contribution in [0.3, 0.4) is 0 Å². The molecule has 1 rings (SSSR count). The number of benzene rings is 1. The molecule has 0 saturated carbocycles. The van der Waals surface area contributed by atoms with Crippen LogP contribution in [0, 0.1) is 0 Å². The lowest BCUT2D eigenvalue weighted by molar-refractivity contribution is 0.852. The van der Waals surface area contributed by atoms with Crippen LogP contribution in [-0.4, -0.2) is 4.45 Å². The summed E-state index contributed by atoms with van der Waals surface area (Å²) in [4.78, 5) is 0. The van der Waals surface area contributed by atoms with Gasteiger partial charge in [0.1, 0.15) is 0 Å². The van der Waals surface area contributed by atoms with Crippen molar-refractivity contribution < 1.29 is 4.39 Å². The molecule has 0 aliphatic heterocycles. The minimum Gasteiger partial charge on any atom is -0.186 e. The molecule has 0 nitrogen and oxygen atoms in total. The van der Waals surface area contributed by atoms with Crippen LogP contribution in [0.25, 0.3) is 0 Å². The monoisotopic (exact) mass is 186 g/mol. The highest BCUT2D eigenvalue weighted by molar-refractivity contribution is 8.22. The number of thioether (sulfide) groups is 1. The molecule has 0 saturated heterocycles. The molecule has 0 spiro atoms. The van der Waals surface area contributed by atoms with Crippen LogP contribution in [0.15, 0.2) is 30.3 Å². The van der Waals surface area contributed by atoms with Crippen molar-refractivity contribution in [2.75, 3.05) is 0 Å². The van der Waals surface area contributed by atoms with E-state index in [1.165, 1.54) is 0 Å². The lowest BCUT2D eigenvalue weighted by Crippen LogP contribution is -1.80. The normalized spacial score (nSPS) is 9.55. The van der Waals surface area contributed by atoms with Crippen LogP contribution < -0.4 is 0 Å². The molecule has 0 atom stereocenters. The van der Waals surface area contributed by atoms with Crippen molar-refractivity contribution in [3.05, 3.63) is 35.9 Å². The molecule has 11 heavy (non-hydrogen) atoms. The summed E-state index contributed by atoms with van der Waals surface area (Å²) in [5.41, 5.74) is 1.09. The van der Waals surface area contributed by atoms with Crippen molar-refractivity contribution in [2.24, 2.45) is 0 Å². The van der Waals surface area contributed by atoms with Gasteiger partial charge in [0.05, 0.1) is 0 Å². The van der Waals surface area contributed by atoms with E-state index < -0.39 is 4.45 Å². The van der Waals surface area contributed by atoms with E-state index in [2.05, 4.69) is 12.2 Å². The van der Waals surface area contributed by atoms with Crippen LogP contribution in [0.2, 0.25) is 0 Å². The Morgan fingerprint density at radius 2 is 2.00 bits per heavy atom. The van der Waals surface area contributed by atoms with Crippen LogP contribution in [0.1, 0.15) is 5.56 Å². The molecule has 0 aromatic heterocycles. The fourth-order valence-corrected chi connectivity index (χ4v) is 1.36. The van der Waals surface area contributed by atoms with Gasteiger partial charge in [-0.1, -0.05) is 42.1 Å². The van der Waals surface area contributed by atoms with E-state index in [0.29, 0.717) is 5.75 Å². The maximum absolute atomic E-state index is 12.1. The lowest BCUT2D eigenvalue weighted by Gasteiger charge is -1.95. The zero-order valence-electron chi connectivity index (χ0n) is 5.79. The van der Waals surface area contributed by atoms with Gasteiger partial charge in [0.15, 0.2) is 0 Å². The molecule has 1 aromatic rings. The molecule has 0 aliphatic rings. The first-order chi connectivity index (χ1) is 5.29. The van der Waals surface area contributed by atoms with E-state index in [1.807, 2.05) is 30.3 Å². The van der Waals surface area contributed by atoms with Crippen LogP contribution in [0.4, 0.5) is 4.39 Å². The highest BCUT2D eigenvalue weighted by Gasteiger charge is 1.94. The first kappa shape index (κ1) is 8.68. The second kappa shape index (κ2) is 4.46. The molecule has 58 valence electrons. The Labute approximate surface area is 74.8 Å². The van der Waals surface area contributed by atoms with Crippen molar-refractivity contribution in [1.29, 1.82) is 0 Å². The molecular weight excluding hydrogens is 179 g/mol. The quantitative estimate of drug-likeness (QED) is 0.514. The predicted octanol–water partition coefficient (Wildman–Crippen LogP) is 3.17. The predicted molar refractivity (Wildman–Crippen MR) is 51.4 cm³/mol. The van der Waals surface area contributed by atoms with Gasteiger partial charge >= 0.3 is 0 Å². The molecule has 3 heteroatoms. The molecule has 1 aromatic carbocycles. The minimum absolute atomic E-state index is 0.492. The molecule has 0 amide bonds. The summed E-state index contributed by atoms with van der Waals surface area (Å²) < 4.78 is 11.6. The van der Waals surface area contributed by atoms with Crippen molar-refractivity contribution >= 4 is 28.4 Å². The van der Waals surface area contributed by atoms with Crippen LogP contribution >= 0.6 is 24.0 Å². The highest BCUT2D eigenvalue weighted by Crippen LogP contribution is 2.13. The molecule has 0 bridgehead atoms. The summed E-state index contributed by atoms with van der Waals surface area (Å²) in [7, 11) is 0. The molecule has 0 fully saturated rings. The molecule has 0 heterocycles. The zero-order valence-corrected chi connectivity index (χ0v) is 7.42. The summed E-state index contributed by atoms with van der Waals surface area (Å²) in [5.74, 6) is 0.621. The van der Waals surface area contributed by atoms with Crippen molar-refractivity contribution in [1.82, 2.24) is 0 Å². The van der Waals surface area contributed by atoms with E-state index in [-0.39, 0.29) is 0 Å². The highest BCUT2D eigenvalue weighted by atomic mass is 32.2. The average Bonchev–Trinajstić information content (AvgIpc) is 2.03. The molecule has 0 aliphatic carbocycles. The van der Waals surface area contributed by atoms with Gasteiger partial charge in [-0.2, -0.15) is 4.39 Å². The van der Waals surface area contributed by atoms with Gasteiger partial charge in [0.25, 0.3) is 0 Å². The molecule has 0 N–H and O–H groups in total. The third-order valence-electron chi connectivity index (χ3n) is 1.20. The summed E-state index contributed by atoms with van der Waals surface area (Å²) in [6, 6.07) is 9.69. The van der Waals surface area contributed by atoms with Gasteiger partial charge in [-0.15, -0.1) is 0 Å². The summed E-state index contributed by atoms with van der Waals surface area (Å²) in [5, 5.41) is 0. The Morgan fingerprint density at radius 3 is 2.55 bits per heavy atom. The summed E-state index contributed by atoms with van der Waals surface area (Å²) in [6.45, 7) is 0. The van der Waals surface area contributed by atoms with Crippen LogP contribution in [-0.2, 0) is 5.75 Å². The minimum atomic E-state index is -0.492. The molecule has 0 unspecified atom stereocenters. The number of rotatable bonds is 2. The van der Waals surface area contributed by atoms with Gasteiger partial charge in [0.2, 0.25) is 4.45 Å². The third kappa shape index (κ3) is 3.49. The Balaban J connectivity index is 2.45. The van der Waals surface area contributed by atoms with Crippen molar-refractivity contribution in [3.8, 4) is 0 Å². The number of thiocarbonyl (C=S) groups is 1. The van der Waals surface area contributed by atoms with Gasteiger partial charge < -0.3 is 0 Å². The van der Waals surface area contributed by atoms with E-state index in [1.54, 1.807) is 0 Å². The van der Waals surface area contributed by atoms with E-state index >= 15 is 0 Å². The number of hydrogen-bond donors (Lipinski definition) is 0. The fourth-order valence-electron chi connectivity index (χ4n) is 0.714. The number of halogens is 1. The molecular formula is C8H7FS2. The third-order valence-corrected chi connectivity index (χ3v) is 2.25. The Kier molecular flexibility index (Phi) is 3.52. The van der Waals surface area contributed by atoms with Gasteiger partial charge in [-0.05, 0) is 17.8 Å².